The minimum Gasteiger partial charge on any atom is -0.329 e. The Labute approximate surface area is 93.8 Å². The van der Waals surface area contributed by atoms with Gasteiger partial charge in [-0.2, -0.15) is 13.2 Å². The number of aromatic amines is 1. The summed E-state index contributed by atoms with van der Waals surface area (Å²) in [7, 11) is 0. The number of hydrogen-bond donors (Lipinski definition) is 2. The molecular weight excluding hydrogens is 235 g/mol. The third-order valence-corrected chi connectivity index (χ3v) is 2.46. The van der Waals surface area contributed by atoms with Gasteiger partial charge in [0.15, 0.2) is 0 Å². The molecule has 92 valence electrons. The molecule has 0 aliphatic carbocycles. The first kappa shape index (κ1) is 11.7. The summed E-state index contributed by atoms with van der Waals surface area (Å²) < 4.78 is 38.8. The van der Waals surface area contributed by atoms with Crippen molar-refractivity contribution in [3.8, 4) is 0 Å². The molecule has 0 amide bonds. The van der Waals surface area contributed by atoms with Crippen LogP contribution < -0.4 is 11.4 Å². The third-order valence-electron chi connectivity index (χ3n) is 2.46. The van der Waals surface area contributed by atoms with Gasteiger partial charge in [0.1, 0.15) is 0 Å². The molecule has 7 heteroatoms. The maximum atomic E-state index is 12.5. The van der Waals surface area contributed by atoms with Crippen molar-refractivity contribution >= 4 is 11.0 Å². The zero-order valence-corrected chi connectivity index (χ0v) is 8.71. The van der Waals surface area contributed by atoms with Crippen LogP contribution in [0.3, 0.4) is 0 Å². The van der Waals surface area contributed by atoms with Crippen molar-refractivity contribution in [2.75, 3.05) is 6.54 Å². The summed E-state index contributed by atoms with van der Waals surface area (Å²) in [5, 5.41) is 0. The third kappa shape index (κ3) is 2.05. The normalized spacial score (nSPS) is 12.2. The van der Waals surface area contributed by atoms with Crippen molar-refractivity contribution in [3.05, 3.63) is 34.2 Å². The zero-order valence-electron chi connectivity index (χ0n) is 8.71. The standard InChI is InChI=1S/C10H10F3N3O/c11-10(12,13)6-1-2-7-8(5-6)16(4-3-14)9(17)15-7/h1-2,5H,3-4,14H2,(H,15,17). The molecule has 0 aliphatic heterocycles. The van der Waals surface area contributed by atoms with Crippen LogP contribution in [0.25, 0.3) is 11.0 Å². The van der Waals surface area contributed by atoms with E-state index in [1.54, 1.807) is 0 Å². The number of H-pyrrole nitrogens is 1. The van der Waals surface area contributed by atoms with Crippen LogP contribution >= 0.6 is 0 Å². The van der Waals surface area contributed by atoms with Crippen molar-refractivity contribution in [1.29, 1.82) is 0 Å². The van der Waals surface area contributed by atoms with E-state index in [1.165, 1.54) is 10.6 Å². The molecule has 1 heterocycles. The average molecular weight is 245 g/mol. The molecule has 1 aromatic heterocycles. The van der Waals surface area contributed by atoms with E-state index in [0.29, 0.717) is 5.52 Å². The second-order valence-corrected chi connectivity index (χ2v) is 3.60. The monoisotopic (exact) mass is 245 g/mol. The SMILES string of the molecule is NCCn1c(=O)[nH]c2ccc(C(F)(F)F)cc21. The summed E-state index contributed by atoms with van der Waals surface area (Å²) in [6, 6.07) is 3.13. The number of rotatable bonds is 2. The van der Waals surface area contributed by atoms with E-state index in [4.69, 9.17) is 5.73 Å². The summed E-state index contributed by atoms with van der Waals surface area (Å²) in [5.74, 6) is 0. The van der Waals surface area contributed by atoms with Crippen molar-refractivity contribution in [1.82, 2.24) is 9.55 Å². The number of imidazole rings is 1. The molecule has 2 aromatic rings. The Kier molecular flexibility index (Phi) is 2.70. The minimum atomic E-state index is -4.42. The lowest BCUT2D eigenvalue weighted by Crippen LogP contribution is -2.21. The van der Waals surface area contributed by atoms with Gasteiger partial charge in [-0.3, -0.25) is 4.57 Å². The van der Waals surface area contributed by atoms with Gasteiger partial charge in [-0.15, -0.1) is 0 Å². The Morgan fingerprint density at radius 2 is 2.06 bits per heavy atom. The van der Waals surface area contributed by atoms with E-state index in [1.807, 2.05) is 0 Å². The number of nitrogens with one attached hydrogen (secondary N) is 1. The number of hydrogen-bond acceptors (Lipinski definition) is 2. The number of halogens is 3. The zero-order chi connectivity index (χ0) is 12.6. The maximum absolute atomic E-state index is 12.5. The number of nitrogens with two attached hydrogens (primary N) is 1. The summed E-state index contributed by atoms with van der Waals surface area (Å²) in [6.07, 6.45) is -4.42. The topological polar surface area (TPSA) is 63.8 Å². The van der Waals surface area contributed by atoms with Crippen molar-refractivity contribution < 1.29 is 13.2 Å². The van der Waals surface area contributed by atoms with Gasteiger partial charge in [-0.05, 0) is 18.2 Å². The summed E-state index contributed by atoms with van der Waals surface area (Å²) in [4.78, 5) is 13.9. The van der Waals surface area contributed by atoms with Crippen molar-refractivity contribution in [2.45, 2.75) is 12.7 Å². The molecule has 0 aliphatic rings. The number of benzene rings is 1. The van der Waals surface area contributed by atoms with Crippen molar-refractivity contribution in [3.63, 3.8) is 0 Å². The second kappa shape index (κ2) is 3.92. The first-order valence-electron chi connectivity index (χ1n) is 4.93. The molecule has 17 heavy (non-hydrogen) atoms. The summed E-state index contributed by atoms with van der Waals surface area (Å²) >= 11 is 0. The molecule has 0 spiro atoms. The van der Waals surface area contributed by atoms with Gasteiger partial charge in [0.25, 0.3) is 0 Å². The summed E-state index contributed by atoms with van der Waals surface area (Å²) in [5.41, 5.74) is 4.66. The lowest BCUT2D eigenvalue weighted by atomic mass is 10.2. The highest BCUT2D eigenvalue weighted by Gasteiger charge is 2.30. The van der Waals surface area contributed by atoms with Gasteiger partial charge in [-0.25, -0.2) is 4.79 Å². The molecule has 0 radical (unpaired) electrons. The Morgan fingerprint density at radius 3 is 2.65 bits per heavy atom. The van der Waals surface area contributed by atoms with Crippen LogP contribution in [0.4, 0.5) is 13.2 Å². The lowest BCUT2D eigenvalue weighted by Gasteiger charge is -2.07. The Balaban J connectivity index is 2.66. The van der Waals surface area contributed by atoms with Crippen LogP contribution in [-0.4, -0.2) is 16.1 Å². The molecule has 1 aromatic carbocycles. The van der Waals surface area contributed by atoms with Gasteiger partial charge < -0.3 is 10.7 Å². The lowest BCUT2D eigenvalue weighted by molar-refractivity contribution is -0.137. The largest absolute Gasteiger partial charge is 0.416 e. The van der Waals surface area contributed by atoms with Gasteiger partial charge in [0.05, 0.1) is 16.6 Å². The molecule has 2 rings (SSSR count). The van der Waals surface area contributed by atoms with Crippen LogP contribution in [0, 0.1) is 0 Å². The van der Waals surface area contributed by atoms with Gasteiger partial charge in [-0.1, -0.05) is 0 Å². The fourth-order valence-electron chi connectivity index (χ4n) is 1.68. The second-order valence-electron chi connectivity index (χ2n) is 3.60. The van der Waals surface area contributed by atoms with Gasteiger partial charge in [0.2, 0.25) is 0 Å². The molecule has 0 unspecified atom stereocenters. The highest BCUT2D eigenvalue weighted by atomic mass is 19.4. The predicted molar refractivity (Wildman–Crippen MR) is 56.6 cm³/mol. The highest BCUT2D eigenvalue weighted by Crippen LogP contribution is 2.30. The molecule has 4 nitrogen and oxygen atoms in total. The highest BCUT2D eigenvalue weighted by molar-refractivity contribution is 5.76. The smallest absolute Gasteiger partial charge is 0.329 e. The average Bonchev–Trinajstić information content (AvgIpc) is 2.54. The summed E-state index contributed by atoms with van der Waals surface area (Å²) in [6.45, 7) is 0.364. The van der Waals surface area contributed by atoms with Crippen LogP contribution in [-0.2, 0) is 12.7 Å². The quantitative estimate of drug-likeness (QED) is 0.837. The van der Waals surface area contributed by atoms with E-state index in [0.717, 1.165) is 12.1 Å². The minimum absolute atomic E-state index is 0.181. The van der Waals surface area contributed by atoms with Crippen molar-refractivity contribution in [2.24, 2.45) is 5.73 Å². The number of alkyl halides is 3. The van der Waals surface area contributed by atoms with Crippen LogP contribution in [0.5, 0.6) is 0 Å². The Hall–Kier alpha value is -1.76. The van der Waals surface area contributed by atoms with E-state index in [9.17, 15) is 18.0 Å². The number of nitrogens with zero attached hydrogens (tertiary/aromatic N) is 1. The van der Waals surface area contributed by atoms with Gasteiger partial charge >= 0.3 is 11.9 Å². The molecule has 0 saturated heterocycles. The number of aromatic nitrogens is 2. The Bertz CT molecular complexity index is 597. The van der Waals surface area contributed by atoms with Crippen LogP contribution in [0.1, 0.15) is 5.56 Å². The molecular formula is C10H10F3N3O. The van der Waals surface area contributed by atoms with E-state index < -0.39 is 17.4 Å². The predicted octanol–water partition coefficient (Wildman–Crippen LogP) is 1.31. The van der Waals surface area contributed by atoms with E-state index in [-0.39, 0.29) is 18.6 Å². The fourth-order valence-corrected chi connectivity index (χ4v) is 1.68. The van der Waals surface area contributed by atoms with E-state index in [2.05, 4.69) is 4.98 Å². The number of fused-ring (bicyclic) bond motifs is 1. The molecule has 0 fully saturated rings. The molecule has 3 N–H and O–H groups in total. The Morgan fingerprint density at radius 1 is 1.35 bits per heavy atom. The first-order valence-corrected chi connectivity index (χ1v) is 4.93. The van der Waals surface area contributed by atoms with Crippen LogP contribution in [0.15, 0.2) is 23.0 Å². The van der Waals surface area contributed by atoms with Gasteiger partial charge in [0, 0.05) is 13.1 Å². The maximum Gasteiger partial charge on any atom is 0.416 e. The molecule has 0 atom stereocenters. The molecule has 0 bridgehead atoms. The van der Waals surface area contributed by atoms with Crippen LogP contribution in [0.2, 0.25) is 0 Å². The van der Waals surface area contributed by atoms with E-state index >= 15 is 0 Å². The molecule has 0 saturated carbocycles. The first-order chi connectivity index (χ1) is 7.93. The fraction of sp³-hybridized carbons (Fsp3) is 0.300.